The number of carbonyl (C=O) groups excluding carboxylic acids is 3. The molecule has 14 heteroatoms. The molecule has 7 rings (SSSR count). The summed E-state index contributed by atoms with van der Waals surface area (Å²) in [6, 6.07) is 16.3. The van der Waals surface area contributed by atoms with Crippen molar-refractivity contribution in [2.45, 2.75) is 122 Å². The quantitative estimate of drug-likeness (QED) is 0.0556. The molecule has 6 atom stereocenters. The van der Waals surface area contributed by atoms with Gasteiger partial charge in [0.2, 0.25) is 13.3 Å². The predicted molar refractivity (Wildman–Crippen MR) is 249 cm³/mol. The Morgan fingerprint density at radius 3 is 2.48 bits per heavy atom. The van der Waals surface area contributed by atoms with Crippen LogP contribution in [0.5, 0.6) is 11.5 Å². The Morgan fingerprint density at radius 2 is 1.81 bits per heavy atom. The van der Waals surface area contributed by atoms with Gasteiger partial charge in [0.25, 0.3) is 0 Å². The maximum absolute atomic E-state index is 14.9. The van der Waals surface area contributed by atoms with Gasteiger partial charge in [-0.15, -0.1) is 17.9 Å². The van der Waals surface area contributed by atoms with E-state index in [9.17, 15) is 23.8 Å². The summed E-state index contributed by atoms with van der Waals surface area (Å²) in [5, 5.41) is 5.62. The molecule has 1 aliphatic heterocycles. The molecule has 0 radical (unpaired) electrons. The molecule has 3 aliphatic rings. The number of nitrogens with zero attached hydrogens (tertiary/aromatic N) is 3. The Bertz CT molecular complexity index is 2390. The van der Waals surface area contributed by atoms with Gasteiger partial charge in [-0.05, 0) is 81.1 Å². The average molecular weight is 897 g/mol. The minimum atomic E-state index is -4.00. The lowest BCUT2D eigenvalue weighted by atomic mass is 9.77. The summed E-state index contributed by atoms with van der Waals surface area (Å²) in [6.45, 7) is 14.0. The number of hydrogen-bond acceptors (Lipinski definition) is 11. The fourth-order valence-corrected chi connectivity index (χ4v) is 12.1. The number of carbonyl (C=O) groups is 3. The number of benzene rings is 2. The molecule has 63 heavy (non-hydrogen) atoms. The van der Waals surface area contributed by atoms with E-state index in [4.69, 9.17) is 24.2 Å². The number of ether oxygens (including phenoxy) is 3. The first-order valence-corrected chi connectivity index (χ1v) is 24.7. The average Bonchev–Trinajstić information content (AvgIpc) is 3.61. The summed E-state index contributed by atoms with van der Waals surface area (Å²) in [4.78, 5) is 65.7. The van der Waals surface area contributed by atoms with Crippen LogP contribution >= 0.6 is 18.7 Å². The van der Waals surface area contributed by atoms with Crippen LogP contribution < -0.4 is 14.8 Å². The molecule has 2 unspecified atom stereocenters. The second-order valence-electron chi connectivity index (χ2n) is 18.8. The third-order valence-corrected chi connectivity index (χ3v) is 16.0. The minimum Gasteiger partial charge on any atom is -0.497 e. The standard InChI is InChI=1S/C49H61N4O8PS/c1-8-33-27-49(33,62(57,58)21-20-32-14-10-9-11-15-32)28-35(54)22-34-23-38(29-53(34)46(56)40(48(4,5)6)25-45(55)61-36-16-12-13-17-36)60-44-26-42(43-30-63-47(52-43)50-31(2)3)51-41-24-37(59-7)18-19-39(41)44/h8-11,14-15,18-21,24,26,30-31,33-34,36,38,40H,1,12-13,16-17,22-23,25,27-29H2,2-7H3,(H,50,52)(H,57,58)/b21-20+/t33-,34?,38-,40-,49-/m1/s1. The van der Waals surface area contributed by atoms with Crippen LogP contribution in [0.15, 0.2) is 78.4 Å². The van der Waals surface area contributed by atoms with Gasteiger partial charge in [0.05, 0.1) is 42.4 Å². The summed E-state index contributed by atoms with van der Waals surface area (Å²) in [6.07, 6.45) is 6.69. The lowest BCUT2D eigenvalue weighted by Gasteiger charge is -2.35. The number of rotatable bonds is 18. The van der Waals surface area contributed by atoms with E-state index in [0.29, 0.717) is 41.2 Å². The first-order chi connectivity index (χ1) is 30.0. The zero-order chi connectivity index (χ0) is 45.1. The molecule has 3 heterocycles. The van der Waals surface area contributed by atoms with Gasteiger partial charge in [-0.25, -0.2) is 9.97 Å². The fourth-order valence-electron chi connectivity index (χ4n) is 9.10. The molecular formula is C49H61N4O8PS. The third-order valence-electron chi connectivity index (χ3n) is 12.7. The van der Waals surface area contributed by atoms with Crippen LogP contribution in [0.4, 0.5) is 5.13 Å². The first-order valence-electron chi connectivity index (χ1n) is 22.1. The summed E-state index contributed by atoms with van der Waals surface area (Å²) < 4.78 is 32.4. The van der Waals surface area contributed by atoms with Crippen molar-refractivity contribution in [3.05, 3.63) is 84.0 Å². The van der Waals surface area contributed by atoms with Crippen LogP contribution in [0.25, 0.3) is 28.4 Å². The Morgan fingerprint density at radius 1 is 1.06 bits per heavy atom. The summed E-state index contributed by atoms with van der Waals surface area (Å²) >= 11 is 1.48. The number of likely N-dealkylation sites (tertiary alicyclic amines) is 1. The van der Waals surface area contributed by atoms with Crippen molar-refractivity contribution in [2.75, 3.05) is 19.0 Å². The number of fused-ring (bicyclic) bond motifs is 1. The van der Waals surface area contributed by atoms with E-state index in [2.05, 4.69) is 11.9 Å². The van der Waals surface area contributed by atoms with Crippen LogP contribution in [0.3, 0.4) is 0 Å². The van der Waals surface area contributed by atoms with Crippen molar-refractivity contribution >= 4 is 58.5 Å². The van der Waals surface area contributed by atoms with E-state index in [-0.39, 0.29) is 55.6 Å². The molecule has 2 aromatic heterocycles. The highest BCUT2D eigenvalue weighted by atomic mass is 32.1. The number of aromatic nitrogens is 2. The first kappa shape index (κ1) is 46.2. The Kier molecular flexibility index (Phi) is 14.0. The fraction of sp³-hybridized carbons (Fsp3) is 0.490. The maximum atomic E-state index is 14.9. The molecule has 0 bridgehead atoms. The number of amides is 1. The second-order valence-corrected chi connectivity index (χ2v) is 22.1. The largest absolute Gasteiger partial charge is 0.497 e. The number of pyridine rings is 1. The zero-order valence-electron chi connectivity index (χ0n) is 37.2. The number of methoxy groups -OCH3 is 1. The second kappa shape index (κ2) is 19.1. The van der Waals surface area contributed by atoms with Crippen LogP contribution in [0, 0.1) is 17.3 Å². The predicted octanol–water partition coefficient (Wildman–Crippen LogP) is 10.3. The Hall–Kier alpha value is -4.84. The molecule has 1 amide bonds. The van der Waals surface area contributed by atoms with Crippen molar-refractivity contribution in [2.24, 2.45) is 17.3 Å². The summed E-state index contributed by atoms with van der Waals surface area (Å²) in [5.41, 5.74) is 2.08. The van der Waals surface area contributed by atoms with Gasteiger partial charge in [-0.2, -0.15) is 0 Å². The number of Topliss-reactive ketones (excluding diaryl/α,β-unsaturated/α-hetero) is 1. The topological polar surface area (TPSA) is 157 Å². The summed E-state index contributed by atoms with van der Waals surface area (Å²) in [5.74, 6) is 0.596. The van der Waals surface area contributed by atoms with Gasteiger partial charge < -0.3 is 29.3 Å². The van der Waals surface area contributed by atoms with Crippen LogP contribution in [-0.2, 0) is 23.7 Å². The van der Waals surface area contributed by atoms with Gasteiger partial charge in [0, 0.05) is 60.1 Å². The smallest absolute Gasteiger partial charge is 0.306 e. The third kappa shape index (κ3) is 10.8. The van der Waals surface area contributed by atoms with Gasteiger partial charge in [0.15, 0.2) is 5.13 Å². The molecule has 2 N–H and O–H groups in total. The molecule has 2 aromatic carbocycles. The minimum absolute atomic E-state index is 0.0486. The number of esters is 1. The molecule has 12 nitrogen and oxygen atoms in total. The van der Waals surface area contributed by atoms with Crippen molar-refractivity contribution in [3.8, 4) is 22.9 Å². The SMILES string of the molecule is C=C[C@@H]1C[C@]1(CC(=O)CC1C[C@@H](Oc2cc(-c3csc(NC(C)C)n3)nc3cc(OC)ccc23)CN1C(=O)[C@@H](CC(=O)OC1CCCC1)C(C)(C)C)P(=O)(O)/C=C/c1ccccc1. The highest BCUT2D eigenvalue weighted by molar-refractivity contribution is 7.63. The summed E-state index contributed by atoms with van der Waals surface area (Å²) in [7, 11) is -2.40. The van der Waals surface area contributed by atoms with Crippen molar-refractivity contribution in [1.82, 2.24) is 14.9 Å². The number of hydrogen-bond donors (Lipinski definition) is 2. The van der Waals surface area contributed by atoms with E-state index in [0.717, 1.165) is 41.8 Å². The van der Waals surface area contributed by atoms with E-state index < -0.39 is 42.0 Å². The molecular weight excluding hydrogens is 836 g/mol. The van der Waals surface area contributed by atoms with Crippen LogP contribution in [0.2, 0.25) is 0 Å². The highest BCUT2D eigenvalue weighted by Crippen LogP contribution is 2.73. The van der Waals surface area contributed by atoms with Crippen molar-refractivity contribution in [1.29, 1.82) is 0 Å². The van der Waals surface area contributed by atoms with E-state index in [1.165, 1.54) is 17.2 Å². The van der Waals surface area contributed by atoms with E-state index >= 15 is 0 Å². The zero-order valence-corrected chi connectivity index (χ0v) is 39.0. The Labute approximate surface area is 375 Å². The van der Waals surface area contributed by atoms with Gasteiger partial charge in [-0.1, -0.05) is 57.2 Å². The lowest BCUT2D eigenvalue weighted by molar-refractivity contribution is -0.156. The van der Waals surface area contributed by atoms with Crippen LogP contribution in [-0.4, -0.2) is 80.5 Å². The lowest BCUT2D eigenvalue weighted by Crippen LogP contribution is -2.46. The number of nitrogens with one attached hydrogen (secondary N) is 1. The molecule has 4 aromatic rings. The van der Waals surface area contributed by atoms with Gasteiger partial charge in [0.1, 0.15) is 35.2 Å². The molecule has 1 saturated heterocycles. The van der Waals surface area contributed by atoms with E-state index in [1.807, 2.05) is 94.6 Å². The van der Waals surface area contributed by atoms with E-state index in [1.54, 1.807) is 24.2 Å². The number of thiazole rings is 1. The number of allylic oxidation sites excluding steroid dienone is 1. The molecule has 3 fully saturated rings. The normalized spacial score (nSPS) is 22.9. The maximum Gasteiger partial charge on any atom is 0.306 e. The van der Waals surface area contributed by atoms with Crippen molar-refractivity contribution in [3.63, 3.8) is 0 Å². The molecule has 2 saturated carbocycles. The highest BCUT2D eigenvalue weighted by Gasteiger charge is 2.64. The van der Waals surface area contributed by atoms with Crippen molar-refractivity contribution < 1.29 is 38.1 Å². The van der Waals surface area contributed by atoms with Gasteiger partial charge >= 0.3 is 5.97 Å². The number of ketones is 1. The Balaban J connectivity index is 1.18. The molecule has 0 spiro atoms. The molecule has 336 valence electrons. The van der Waals surface area contributed by atoms with Gasteiger partial charge in [-0.3, -0.25) is 18.9 Å². The molecule has 2 aliphatic carbocycles. The number of anilines is 1. The monoisotopic (exact) mass is 896 g/mol. The van der Waals surface area contributed by atoms with Crippen LogP contribution in [0.1, 0.15) is 98.0 Å².